The Hall–Kier alpha value is -2.02. The van der Waals surface area contributed by atoms with Gasteiger partial charge in [0.25, 0.3) is 5.69 Å². The molecular weight excluding hydrogens is 276 g/mol. The molecule has 7 heteroatoms. The van der Waals surface area contributed by atoms with Gasteiger partial charge in [0.1, 0.15) is 5.69 Å². The molecule has 106 valence electrons. The second-order valence-electron chi connectivity index (χ2n) is 4.21. The number of imidazole rings is 1. The van der Waals surface area contributed by atoms with Gasteiger partial charge in [0, 0.05) is 37.8 Å². The summed E-state index contributed by atoms with van der Waals surface area (Å²) in [6.45, 7) is 2.57. The minimum atomic E-state index is -0.354. The van der Waals surface area contributed by atoms with Crippen LogP contribution in [0.3, 0.4) is 0 Å². The highest BCUT2D eigenvalue weighted by Gasteiger charge is 2.17. The Bertz CT molecular complexity index is 612. The average Bonchev–Trinajstić information content (AvgIpc) is 2.83. The van der Waals surface area contributed by atoms with Crippen molar-refractivity contribution in [1.29, 1.82) is 0 Å². The molecule has 1 aromatic heterocycles. The fourth-order valence-corrected chi connectivity index (χ4v) is 2.80. The van der Waals surface area contributed by atoms with Crippen LogP contribution in [0.4, 0.5) is 11.4 Å². The number of anilines is 1. The largest absolute Gasteiger partial charge is 0.380 e. The van der Waals surface area contributed by atoms with Crippen molar-refractivity contribution in [2.75, 3.05) is 11.9 Å². The number of para-hydroxylation sites is 1. The van der Waals surface area contributed by atoms with Gasteiger partial charge < -0.3 is 9.88 Å². The third-order valence-electron chi connectivity index (χ3n) is 2.81. The highest BCUT2D eigenvalue weighted by Crippen LogP contribution is 2.32. The Labute approximate surface area is 121 Å². The van der Waals surface area contributed by atoms with Gasteiger partial charge in [-0.15, -0.1) is 0 Å². The standard InChI is InChI=1S/C13H16N4O2S/c1-3-14-12-10(5-4-6-11(12)17(18)19)9-20-13-15-7-8-16(13)2/h4-8,14H,3,9H2,1-2H3. The summed E-state index contributed by atoms with van der Waals surface area (Å²) in [4.78, 5) is 15.0. The number of hydrogen-bond acceptors (Lipinski definition) is 5. The Morgan fingerprint density at radius 1 is 1.50 bits per heavy atom. The van der Waals surface area contributed by atoms with Crippen LogP contribution in [0.25, 0.3) is 0 Å². The smallest absolute Gasteiger partial charge is 0.292 e. The molecule has 0 spiro atoms. The summed E-state index contributed by atoms with van der Waals surface area (Å²) in [5, 5.41) is 15.1. The van der Waals surface area contributed by atoms with Gasteiger partial charge in [-0.3, -0.25) is 10.1 Å². The number of nitrogens with one attached hydrogen (secondary N) is 1. The Morgan fingerprint density at radius 2 is 2.30 bits per heavy atom. The van der Waals surface area contributed by atoms with E-state index in [2.05, 4.69) is 10.3 Å². The van der Waals surface area contributed by atoms with Crippen LogP contribution in [0.15, 0.2) is 35.7 Å². The molecule has 0 radical (unpaired) electrons. The van der Waals surface area contributed by atoms with Crippen LogP contribution < -0.4 is 5.32 Å². The van der Waals surface area contributed by atoms with Crippen molar-refractivity contribution in [3.8, 4) is 0 Å². The molecule has 1 N–H and O–H groups in total. The van der Waals surface area contributed by atoms with Crippen molar-refractivity contribution in [3.63, 3.8) is 0 Å². The number of rotatable bonds is 6. The van der Waals surface area contributed by atoms with Crippen LogP contribution >= 0.6 is 11.8 Å². The lowest BCUT2D eigenvalue weighted by molar-refractivity contribution is -0.384. The van der Waals surface area contributed by atoms with Crippen LogP contribution in [-0.4, -0.2) is 21.0 Å². The summed E-state index contributed by atoms with van der Waals surface area (Å²) in [5.41, 5.74) is 1.63. The maximum Gasteiger partial charge on any atom is 0.292 e. The van der Waals surface area contributed by atoms with Gasteiger partial charge in [0.2, 0.25) is 0 Å². The summed E-state index contributed by atoms with van der Waals surface area (Å²) in [5.74, 6) is 0.634. The first-order valence-electron chi connectivity index (χ1n) is 6.23. The highest BCUT2D eigenvalue weighted by atomic mass is 32.2. The van der Waals surface area contributed by atoms with Gasteiger partial charge in [-0.25, -0.2) is 4.98 Å². The molecule has 0 fully saturated rings. The normalized spacial score (nSPS) is 10.5. The average molecular weight is 292 g/mol. The van der Waals surface area contributed by atoms with E-state index in [-0.39, 0.29) is 10.6 Å². The quantitative estimate of drug-likeness (QED) is 0.503. The zero-order valence-corrected chi connectivity index (χ0v) is 12.2. The van der Waals surface area contributed by atoms with E-state index in [0.717, 1.165) is 10.7 Å². The molecule has 0 aliphatic rings. The molecule has 2 aromatic rings. The van der Waals surface area contributed by atoms with Crippen molar-refractivity contribution < 1.29 is 4.92 Å². The number of hydrogen-bond donors (Lipinski definition) is 1. The summed E-state index contributed by atoms with van der Waals surface area (Å²) < 4.78 is 1.93. The Balaban J connectivity index is 2.24. The topological polar surface area (TPSA) is 73.0 Å². The van der Waals surface area contributed by atoms with E-state index in [4.69, 9.17) is 0 Å². The molecule has 0 bridgehead atoms. The van der Waals surface area contributed by atoms with Crippen molar-refractivity contribution in [2.24, 2.45) is 7.05 Å². The molecule has 0 aliphatic carbocycles. The maximum atomic E-state index is 11.1. The molecule has 0 amide bonds. The number of nitro groups is 1. The molecule has 20 heavy (non-hydrogen) atoms. The van der Waals surface area contributed by atoms with Gasteiger partial charge in [0.05, 0.1) is 4.92 Å². The second-order valence-corrected chi connectivity index (χ2v) is 5.15. The lowest BCUT2D eigenvalue weighted by Crippen LogP contribution is -2.04. The minimum Gasteiger partial charge on any atom is -0.380 e. The number of thioether (sulfide) groups is 1. The lowest BCUT2D eigenvalue weighted by Gasteiger charge is -2.10. The molecule has 0 aliphatic heterocycles. The van der Waals surface area contributed by atoms with E-state index in [1.165, 1.54) is 6.07 Å². The zero-order chi connectivity index (χ0) is 14.5. The van der Waals surface area contributed by atoms with Crippen LogP contribution in [0.2, 0.25) is 0 Å². The molecule has 1 aromatic carbocycles. The number of nitrogens with zero attached hydrogens (tertiary/aromatic N) is 3. The van der Waals surface area contributed by atoms with Gasteiger partial charge in [0.15, 0.2) is 5.16 Å². The highest BCUT2D eigenvalue weighted by molar-refractivity contribution is 7.98. The number of benzene rings is 1. The van der Waals surface area contributed by atoms with E-state index in [9.17, 15) is 10.1 Å². The number of aryl methyl sites for hydroxylation is 1. The van der Waals surface area contributed by atoms with Crippen molar-refractivity contribution in [2.45, 2.75) is 17.8 Å². The third-order valence-corrected chi connectivity index (χ3v) is 3.92. The van der Waals surface area contributed by atoms with E-state index in [1.54, 1.807) is 24.0 Å². The fourth-order valence-electron chi connectivity index (χ4n) is 1.87. The van der Waals surface area contributed by atoms with Crippen LogP contribution in [0.5, 0.6) is 0 Å². The fraction of sp³-hybridized carbons (Fsp3) is 0.308. The van der Waals surface area contributed by atoms with Gasteiger partial charge in [-0.2, -0.15) is 0 Å². The first kappa shape index (κ1) is 14.4. The molecule has 1 heterocycles. The van der Waals surface area contributed by atoms with Crippen molar-refractivity contribution in [3.05, 3.63) is 46.3 Å². The molecular formula is C13H16N4O2S. The van der Waals surface area contributed by atoms with Gasteiger partial charge in [-0.1, -0.05) is 23.9 Å². The van der Waals surface area contributed by atoms with Gasteiger partial charge in [-0.05, 0) is 12.5 Å². The predicted octanol–water partition coefficient (Wildman–Crippen LogP) is 3.05. The molecule has 0 saturated heterocycles. The Morgan fingerprint density at radius 3 is 2.90 bits per heavy atom. The van der Waals surface area contributed by atoms with E-state index >= 15 is 0 Å². The molecule has 2 rings (SSSR count). The van der Waals surface area contributed by atoms with Crippen LogP contribution in [-0.2, 0) is 12.8 Å². The lowest BCUT2D eigenvalue weighted by atomic mass is 10.1. The zero-order valence-electron chi connectivity index (χ0n) is 11.4. The number of nitro benzene ring substituents is 1. The SMILES string of the molecule is CCNc1c(CSc2nccn2C)cccc1[N+](=O)[O-]. The van der Waals surface area contributed by atoms with E-state index in [1.807, 2.05) is 30.8 Å². The molecule has 0 saturated carbocycles. The maximum absolute atomic E-state index is 11.1. The predicted molar refractivity (Wildman–Crippen MR) is 80.0 cm³/mol. The molecule has 0 unspecified atom stereocenters. The summed E-state index contributed by atoms with van der Waals surface area (Å²) in [6, 6.07) is 5.14. The van der Waals surface area contributed by atoms with E-state index in [0.29, 0.717) is 18.0 Å². The number of aromatic nitrogens is 2. The van der Waals surface area contributed by atoms with Crippen LogP contribution in [0.1, 0.15) is 12.5 Å². The second kappa shape index (κ2) is 6.42. The monoisotopic (exact) mass is 292 g/mol. The molecule has 0 atom stereocenters. The summed E-state index contributed by atoms with van der Waals surface area (Å²) in [7, 11) is 1.92. The molecule has 6 nitrogen and oxygen atoms in total. The van der Waals surface area contributed by atoms with Gasteiger partial charge >= 0.3 is 0 Å². The first-order valence-corrected chi connectivity index (χ1v) is 7.22. The van der Waals surface area contributed by atoms with Crippen LogP contribution in [0, 0.1) is 10.1 Å². The third kappa shape index (κ3) is 3.11. The summed E-state index contributed by atoms with van der Waals surface area (Å²) >= 11 is 1.56. The van der Waals surface area contributed by atoms with Crippen molar-refractivity contribution >= 4 is 23.1 Å². The Kier molecular flexibility index (Phi) is 4.62. The van der Waals surface area contributed by atoms with Crippen molar-refractivity contribution in [1.82, 2.24) is 9.55 Å². The first-order chi connectivity index (χ1) is 9.63. The minimum absolute atomic E-state index is 0.116. The van der Waals surface area contributed by atoms with E-state index < -0.39 is 0 Å². The summed E-state index contributed by atoms with van der Waals surface area (Å²) in [6.07, 6.45) is 3.61.